The van der Waals surface area contributed by atoms with E-state index in [1.165, 1.54) is 12.1 Å². The quantitative estimate of drug-likeness (QED) is 0.642. The van der Waals surface area contributed by atoms with Crippen molar-refractivity contribution in [3.8, 4) is 0 Å². The lowest BCUT2D eigenvalue weighted by Gasteiger charge is -2.22. The van der Waals surface area contributed by atoms with E-state index in [0.29, 0.717) is 12.2 Å². The molecule has 1 heterocycles. The molecule has 6 nitrogen and oxygen atoms in total. The first-order chi connectivity index (χ1) is 14.2. The van der Waals surface area contributed by atoms with Gasteiger partial charge in [0.05, 0.1) is 18.2 Å². The van der Waals surface area contributed by atoms with Gasteiger partial charge in [0.1, 0.15) is 0 Å². The minimum absolute atomic E-state index is 0.179. The molecule has 0 radical (unpaired) electrons. The molecule has 1 atom stereocenters. The fourth-order valence-corrected chi connectivity index (χ4v) is 3.51. The summed E-state index contributed by atoms with van der Waals surface area (Å²) in [5.74, 6) is -0.724. The third kappa shape index (κ3) is 5.73. The third-order valence-electron chi connectivity index (χ3n) is 4.93. The number of amides is 2. The van der Waals surface area contributed by atoms with Gasteiger partial charge in [0.25, 0.3) is 0 Å². The summed E-state index contributed by atoms with van der Waals surface area (Å²) in [5.41, 5.74) is 6.36. The van der Waals surface area contributed by atoms with Crippen LogP contribution in [0.3, 0.4) is 0 Å². The molecule has 0 aliphatic carbocycles. The van der Waals surface area contributed by atoms with Crippen LogP contribution < -0.4 is 16.4 Å². The number of anilines is 2. The van der Waals surface area contributed by atoms with E-state index in [2.05, 4.69) is 10.6 Å². The van der Waals surface area contributed by atoms with Gasteiger partial charge in [-0.1, -0.05) is 18.2 Å². The van der Waals surface area contributed by atoms with Crippen molar-refractivity contribution in [2.45, 2.75) is 31.6 Å². The zero-order valence-corrected chi connectivity index (χ0v) is 16.2. The summed E-state index contributed by atoms with van der Waals surface area (Å²) in [6.07, 6.45) is -2.79. The first-order valence-corrected chi connectivity index (χ1v) is 9.55. The van der Waals surface area contributed by atoms with Crippen LogP contribution in [0.15, 0.2) is 48.5 Å². The van der Waals surface area contributed by atoms with E-state index in [4.69, 9.17) is 5.73 Å². The number of carbonyl (C=O) groups excluding carboxylic acids is 2. The number of nitrogens with one attached hydrogen (secondary N) is 2. The van der Waals surface area contributed by atoms with E-state index in [-0.39, 0.29) is 30.1 Å². The van der Waals surface area contributed by atoms with Crippen LogP contribution >= 0.6 is 0 Å². The predicted octanol–water partition coefficient (Wildman–Crippen LogP) is 3.21. The number of hydrogen-bond acceptors (Lipinski definition) is 4. The number of primary amides is 1. The second kappa shape index (κ2) is 9.17. The molecule has 1 aliphatic heterocycles. The molecule has 1 fully saturated rings. The van der Waals surface area contributed by atoms with Crippen molar-refractivity contribution in [1.29, 1.82) is 0 Å². The molecule has 1 saturated heterocycles. The van der Waals surface area contributed by atoms with Crippen LogP contribution in [-0.2, 0) is 22.3 Å². The van der Waals surface area contributed by atoms with E-state index >= 15 is 0 Å². The lowest BCUT2D eigenvalue weighted by molar-refractivity contribution is -0.137. The van der Waals surface area contributed by atoms with Crippen LogP contribution in [0.5, 0.6) is 0 Å². The summed E-state index contributed by atoms with van der Waals surface area (Å²) in [6.45, 7) is 1.15. The van der Waals surface area contributed by atoms with E-state index in [0.717, 1.165) is 37.1 Å². The van der Waals surface area contributed by atoms with Gasteiger partial charge in [-0.15, -0.1) is 0 Å². The Morgan fingerprint density at radius 3 is 2.57 bits per heavy atom. The van der Waals surface area contributed by atoms with Crippen LogP contribution in [0.4, 0.5) is 24.5 Å². The Kier molecular flexibility index (Phi) is 6.61. The van der Waals surface area contributed by atoms with Gasteiger partial charge < -0.3 is 16.4 Å². The van der Waals surface area contributed by atoms with Crippen LogP contribution in [0.1, 0.15) is 24.0 Å². The van der Waals surface area contributed by atoms with Crippen molar-refractivity contribution in [3.63, 3.8) is 0 Å². The molecular formula is C21H23F3N4O2. The number of halogens is 3. The molecule has 0 saturated carbocycles. The number of carbonyl (C=O) groups is 2. The Balaban J connectivity index is 1.56. The number of likely N-dealkylation sites (tertiary alicyclic amines) is 1. The normalized spacial score (nSPS) is 17.0. The molecule has 1 aliphatic rings. The van der Waals surface area contributed by atoms with Gasteiger partial charge in [-0.05, 0) is 55.3 Å². The number of alkyl halides is 3. The highest BCUT2D eigenvalue weighted by atomic mass is 19.4. The molecule has 4 N–H and O–H groups in total. The largest absolute Gasteiger partial charge is 0.416 e. The number of rotatable bonds is 7. The molecule has 2 aromatic rings. The lowest BCUT2D eigenvalue weighted by atomic mass is 10.1. The Hall–Kier alpha value is -3.07. The first-order valence-electron chi connectivity index (χ1n) is 9.55. The molecule has 1 unspecified atom stereocenters. The second-order valence-electron chi connectivity index (χ2n) is 7.21. The van der Waals surface area contributed by atoms with Crippen molar-refractivity contribution in [2.24, 2.45) is 5.73 Å². The minimum atomic E-state index is -4.44. The maximum Gasteiger partial charge on any atom is 0.416 e. The van der Waals surface area contributed by atoms with Crippen LogP contribution in [0.25, 0.3) is 0 Å². The number of hydrogen-bond donors (Lipinski definition) is 3. The molecule has 30 heavy (non-hydrogen) atoms. The highest BCUT2D eigenvalue weighted by Gasteiger charge is 2.30. The predicted molar refractivity (Wildman–Crippen MR) is 108 cm³/mol. The van der Waals surface area contributed by atoms with Gasteiger partial charge in [0, 0.05) is 17.9 Å². The monoisotopic (exact) mass is 420 g/mol. The summed E-state index contributed by atoms with van der Waals surface area (Å²) in [7, 11) is 0. The van der Waals surface area contributed by atoms with Crippen LogP contribution in [-0.4, -0.2) is 35.8 Å². The van der Waals surface area contributed by atoms with Gasteiger partial charge in [-0.2, -0.15) is 13.2 Å². The van der Waals surface area contributed by atoms with Gasteiger partial charge in [0.2, 0.25) is 11.8 Å². The molecule has 3 rings (SSSR count). The Morgan fingerprint density at radius 1 is 1.10 bits per heavy atom. The molecule has 0 bridgehead atoms. The van der Waals surface area contributed by atoms with Crippen molar-refractivity contribution in [3.05, 3.63) is 59.7 Å². The molecule has 0 spiro atoms. The highest BCUT2D eigenvalue weighted by Crippen LogP contribution is 2.30. The first kappa shape index (κ1) is 21.6. The van der Waals surface area contributed by atoms with Crippen LogP contribution in [0, 0.1) is 0 Å². The van der Waals surface area contributed by atoms with E-state index in [1.807, 2.05) is 11.0 Å². The number of nitrogens with zero attached hydrogens (tertiary/aromatic N) is 1. The SMILES string of the molecule is NC(=O)C1CCCN1Cc1cccc(NC(=O)CNc2cccc(C(F)(F)F)c2)c1. The maximum atomic E-state index is 12.8. The average Bonchev–Trinajstić information content (AvgIpc) is 3.15. The molecule has 9 heteroatoms. The fourth-order valence-electron chi connectivity index (χ4n) is 3.51. The summed E-state index contributed by atoms with van der Waals surface area (Å²) >= 11 is 0. The summed E-state index contributed by atoms with van der Waals surface area (Å²) in [4.78, 5) is 25.7. The Morgan fingerprint density at radius 2 is 1.83 bits per heavy atom. The summed E-state index contributed by atoms with van der Waals surface area (Å²) < 4.78 is 38.3. The molecule has 2 amide bonds. The fraction of sp³-hybridized carbons (Fsp3) is 0.333. The van der Waals surface area contributed by atoms with Crippen LogP contribution in [0.2, 0.25) is 0 Å². The molecule has 160 valence electrons. The molecular weight excluding hydrogens is 397 g/mol. The van der Waals surface area contributed by atoms with Gasteiger partial charge in [-0.25, -0.2) is 0 Å². The highest BCUT2D eigenvalue weighted by molar-refractivity contribution is 5.93. The summed E-state index contributed by atoms with van der Waals surface area (Å²) in [5, 5.41) is 5.42. The van der Waals surface area contributed by atoms with Gasteiger partial charge in [-0.3, -0.25) is 14.5 Å². The zero-order valence-electron chi connectivity index (χ0n) is 16.2. The third-order valence-corrected chi connectivity index (χ3v) is 4.93. The zero-order chi connectivity index (χ0) is 21.7. The van der Waals surface area contributed by atoms with E-state index < -0.39 is 11.7 Å². The van der Waals surface area contributed by atoms with Crippen molar-refractivity contribution >= 4 is 23.2 Å². The standard InChI is InChI=1S/C21H23F3N4O2/c22-21(23,24)15-5-2-6-16(11-15)26-12-19(29)27-17-7-1-4-14(10-17)13-28-9-3-8-18(28)20(25)30/h1-2,4-7,10-11,18,26H,3,8-9,12-13H2,(H2,25,30)(H,27,29). The second-order valence-corrected chi connectivity index (χ2v) is 7.21. The van der Waals surface area contributed by atoms with Crippen molar-refractivity contribution in [2.75, 3.05) is 23.7 Å². The summed E-state index contributed by atoms with van der Waals surface area (Å²) in [6, 6.07) is 11.6. The Bertz CT molecular complexity index is 917. The van der Waals surface area contributed by atoms with Crippen molar-refractivity contribution in [1.82, 2.24) is 4.90 Å². The molecule has 0 aromatic heterocycles. The van der Waals surface area contributed by atoms with E-state index in [1.54, 1.807) is 18.2 Å². The smallest absolute Gasteiger partial charge is 0.376 e. The number of nitrogens with two attached hydrogens (primary N) is 1. The van der Waals surface area contributed by atoms with E-state index in [9.17, 15) is 22.8 Å². The van der Waals surface area contributed by atoms with Gasteiger partial charge in [0.15, 0.2) is 0 Å². The van der Waals surface area contributed by atoms with Crippen molar-refractivity contribution < 1.29 is 22.8 Å². The average molecular weight is 420 g/mol. The topological polar surface area (TPSA) is 87.5 Å². The number of benzene rings is 2. The molecule has 2 aromatic carbocycles. The van der Waals surface area contributed by atoms with Gasteiger partial charge >= 0.3 is 6.18 Å². The Labute approximate surface area is 172 Å². The maximum absolute atomic E-state index is 12.8. The lowest BCUT2D eigenvalue weighted by Crippen LogP contribution is -2.39. The minimum Gasteiger partial charge on any atom is -0.376 e.